The molecular weight excluding hydrogens is 534 g/mol. The van der Waals surface area contributed by atoms with E-state index in [1.54, 1.807) is 31.2 Å². The SMILES string of the molecule is Cc1ccc(S(=O)(=O)N(CC(=O)N(Cc2ccccc2C)[C@H](C)C(=O)NC(C)C)c2ccc(C)c(Cl)c2)cc1. The normalized spacial score (nSPS) is 12.2. The lowest BCUT2D eigenvalue weighted by Gasteiger charge is -2.32. The van der Waals surface area contributed by atoms with Gasteiger partial charge in [-0.15, -0.1) is 0 Å². The average Bonchev–Trinajstić information content (AvgIpc) is 2.87. The number of nitrogens with one attached hydrogen (secondary N) is 1. The second-order valence-corrected chi connectivity index (χ2v) is 12.3. The minimum atomic E-state index is -4.15. The summed E-state index contributed by atoms with van der Waals surface area (Å²) in [6, 6.07) is 17.9. The Labute approximate surface area is 236 Å². The van der Waals surface area contributed by atoms with Crippen molar-refractivity contribution in [1.29, 1.82) is 0 Å². The predicted octanol–water partition coefficient (Wildman–Crippen LogP) is 5.40. The molecule has 0 aliphatic heterocycles. The van der Waals surface area contributed by atoms with Gasteiger partial charge < -0.3 is 10.2 Å². The Kier molecular flexibility index (Phi) is 9.80. The van der Waals surface area contributed by atoms with Crippen LogP contribution in [0.2, 0.25) is 5.02 Å². The highest BCUT2D eigenvalue weighted by Crippen LogP contribution is 2.29. The van der Waals surface area contributed by atoms with Crippen LogP contribution in [0, 0.1) is 20.8 Å². The van der Waals surface area contributed by atoms with Crippen molar-refractivity contribution in [2.24, 2.45) is 0 Å². The standard InChI is InChI=1S/C30H36ClN3O4S/c1-20(2)32-30(36)24(6)33(18-25-10-8-7-9-22(25)4)29(35)19-34(26-14-13-23(5)28(31)17-26)39(37,38)27-15-11-21(3)12-16-27/h7-17,20,24H,18-19H2,1-6H3,(H,32,36)/t24-/m1/s1. The molecule has 0 bridgehead atoms. The number of hydrogen-bond donors (Lipinski definition) is 1. The van der Waals surface area contributed by atoms with Crippen molar-refractivity contribution >= 4 is 39.1 Å². The number of amides is 2. The van der Waals surface area contributed by atoms with Crippen LogP contribution in [0.4, 0.5) is 5.69 Å². The number of hydrogen-bond acceptors (Lipinski definition) is 4. The molecule has 3 aromatic carbocycles. The maximum atomic E-state index is 14.0. The van der Waals surface area contributed by atoms with Crippen molar-refractivity contribution in [2.45, 2.75) is 65.1 Å². The van der Waals surface area contributed by atoms with Crippen molar-refractivity contribution in [3.05, 3.63) is 94.0 Å². The van der Waals surface area contributed by atoms with Crippen molar-refractivity contribution in [3.63, 3.8) is 0 Å². The number of anilines is 1. The van der Waals surface area contributed by atoms with E-state index in [4.69, 9.17) is 11.6 Å². The summed E-state index contributed by atoms with van der Waals surface area (Å²) >= 11 is 6.37. The summed E-state index contributed by atoms with van der Waals surface area (Å²) in [5.74, 6) is -0.838. The lowest BCUT2D eigenvalue weighted by Crippen LogP contribution is -2.52. The molecule has 0 fully saturated rings. The Morgan fingerprint density at radius 1 is 0.897 bits per heavy atom. The van der Waals surface area contributed by atoms with Gasteiger partial charge in [0, 0.05) is 17.6 Å². The fraction of sp³-hybridized carbons (Fsp3) is 0.333. The zero-order valence-electron chi connectivity index (χ0n) is 23.2. The number of aryl methyl sites for hydroxylation is 3. The molecule has 2 amide bonds. The number of carbonyl (C=O) groups is 2. The summed E-state index contributed by atoms with van der Waals surface area (Å²) in [6.07, 6.45) is 0. The van der Waals surface area contributed by atoms with Gasteiger partial charge in [0.25, 0.3) is 10.0 Å². The lowest BCUT2D eigenvalue weighted by molar-refractivity contribution is -0.139. The first-order chi connectivity index (χ1) is 18.3. The minimum Gasteiger partial charge on any atom is -0.352 e. The summed E-state index contributed by atoms with van der Waals surface area (Å²) in [5.41, 5.74) is 3.76. The lowest BCUT2D eigenvalue weighted by atomic mass is 10.1. The first-order valence-electron chi connectivity index (χ1n) is 12.8. The van der Waals surface area contributed by atoms with E-state index in [-0.39, 0.29) is 29.1 Å². The number of sulfonamides is 1. The van der Waals surface area contributed by atoms with Gasteiger partial charge in [0.05, 0.1) is 10.6 Å². The molecule has 0 unspecified atom stereocenters. The smallest absolute Gasteiger partial charge is 0.264 e. The quantitative estimate of drug-likeness (QED) is 0.354. The molecule has 7 nitrogen and oxygen atoms in total. The largest absolute Gasteiger partial charge is 0.352 e. The van der Waals surface area contributed by atoms with Crippen LogP contribution in [-0.4, -0.2) is 43.8 Å². The van der Waals surface area contributed by atoms with Crippen LogP contribution >= 0.6 is 11.6 Å². The number of carbonyl (C=O) groups excluding carboxylic acids is 2. The number of nitrogens with zero attached hydrogens (tertiary/aromatic N) is 2. The van der Waals surface area contributed by atoms with Gasteiger partial charge in [0.1, 0.15) is 12.6 Å². The topological polar surface area (TPSA) is 86.8 Å². The van der Waals surface area contributed by atoms with Crippen LogP contribution in [0.1, 0.15) is 43.0 Å². The fourth-order valence-electron chi connectivity index (χ4n) is 4.06. The van der Waals surface area contributed by atoms with Gasteiger partial charge in [-0.1, -0.05) is 59.6 Å². The fourth-order valence-corrected chi connectivity index (χ4v) is 5.64. The predicted molar refractivity (Wildman–Crippen MR) is 156 cm³/mol. The van der Waals surface area contributed by atoms with Crippen LogP contribution in [0.3, 0.4) is 0 Å². The van der Waals surface area contributed by atoms with Crippen LogP contribution < -0.4 is 9.62 Å². The number of benzene rings is 3. The molecule has 1 N–H and O–H groups in total. The van der Waals surface area contributed by atoms with Crippen molar-refractivity contribution < 1.29 is 18.0 Å². The Balaban J connectivity index is 2.07. The van der Waals surface area contributed by atoms with Gasteiger partial charge in [-0.05, 0) is 82.5 Å². The first-order valence-corrected chi connectivity index (χ1v) is 14.6. The zero-order chi connectivity index (χ0) is 28.9. The Morgan fingerprint density at radius 3 is 2.13 bits per heavy atom. The molecule has 0 aliphatic carbocycles. The van der Waals surface area contributed by atoms with Crippen LogP contribution in [0.15, 0.2) is 71.6 Å². The number of halogens is 1. The molecule has 39 heavy (non-hydrogen) atoms. The molecule has 0 aromatic heterocycles. The molecule has 0 radical (unpaired) electrons. The molecule has 9 heteroatoms. The summed E-state index contributed by atoms with van der Waals surface area (Å²) < 4.78 is 28.8. The molecule has 208 valence electrons. The van der Waals surface area contributed by atoms with E-state index < -0.39 is 28.5 Å². The molecule has 0 spiro atoms. The maximum Gasteiger partial charge on any atom is 0.264 e. The Bertz CT molecular complexity index is 1440. The maximum absolute atomic E-state index is 14.0. The minimum absolute atomic E-state index is 0.0497. The third-order valence-corrected chi connectivity index (χ3v) is 8.73. The molecule has 0 saturated heterocycles. The third-order valence-electron chi connectivity index (χ3n) is 6.53. The highest BCUT2D eigenvalue weighted by Gasteiger charge is 2.33. The summed E-state index contributed by atoms with van der Waals surface area (Å²) in [4.78, 5) is 28.4. The van der Waals surface area contributed by atoms with Crippen molar-refractivity contribution in [2.75, 3.05) is 10.8 Å². The van der Waals surface area contributed by atoms with E-state index >= 15 is 0 Å². The third kappa shape index (κ3) is 7.40. The van der Waals surface area contributed by atoms with Gasteiger partial charge in [0.15, 0.2) is 0 Å². The van der Waals surface area contributed by atoms with E-state index in [1.807, 2.05) is 58.9 Å². The van der Waals surface area contributed by atoms with Crippen molar-refractivity contribution in [3.8, 4) is 0 Å². The molecule has 3 rings (SSSR count). The monoisotopic (exact) mass is 569 g/mol. The van der Waals surface area contributed by atoms with E-state index in [0.29, 0.717) is 5.02 Å². The van der Waals surface area contributed by atoms with Gasteiger partial charge >= 0.3 is 0 Å². The van der Waals surface area contributed by atoms with Gasteiger partial charge in [-0.3, -0.25) is 13.9 Å². The van der Waals surface area contributed by atoms with E-state index in [1.165, 1.54) is 23.1 Å². The summed E-state index contributed by atoms with van der Waals surface area (Å²) in [5, 5.41) is 3.24. The molecule has 3 aromatic rings. The van der Waals surface area contributed by atoms with Gasteiger partial charge in [-0.25, -0.2) is 8.42 Å². The Morgan fingerprint density at radius 2 is 1.54 bits per heavy atom. The van der Waals surface area contributed by atoms with E-state index in [2.05, 4.69) is 5.32 Å². The van der Waals surface area contributed by atoms with Crippen LogP contribution in [0.25, 0.3) is 0 Å². The Hall–Kier alpha value is -3.36. The molecule has 0 aliphatic rings. The molecule has 1 atom stereocenters. The highest BCUT2D eigenvalue weighted by molar-refractivity contribution is 7.92. The van der Waals surface area contributed by atoms with Crippen LogP contribution in [-0.2, 0) is 26.2 Å². The second-order valence-electron chi connectivity index (χ2n) is 10.0. The number of rotatable bonds is 10. The van der Waals surface area contributed by atoms with Crippen LogP contribution in [0.5, 0.6) is 0 Å². The average molecular weight is 570 g/mol. The zero-order valence-corrected chi connectivity index (χ0v) is 24.8. The first kappa shape index (κ1) is 30.2. The summed E-state index contributed by atoms with van der Waals surface area (Å²) in [6.45, 7) is 10.6. The molecular formula is C30H36ClN3O4S. The molecule has 0 saturated carbocycles. The van der Waals surface area contributed by atoms with Crippen molar-refractivity contribution in [1.82, 2.24) is 10.2 Å². The second kappa shape index (κ2) is 12.7. The van der Waals surface area contributed by atoms with E-state index in [9.17, 15) is 18.0 Å². The molecule has 0 heterocycles. The van der Waals surface area contributed by atoms with E-state index in [0.717, 1.165) is 26.6 Å². The van der Waals surface area contributed by atoms with Gasteiger partial charge in [0.2, 0.25) is 11.8 Å². The highest BCUT2D eigenvalue weighted by atomic mass is 35.5. The summed E-state index contributed by atoms with van der Waals surface area (Å²) in [7, 11) is -4.15. The van der Waals surface area contributed by atoms with Gasteiger partial charge in [-0.2, -0.15) is 0 Å².